The lowest BCUT2D eigenvalue weighted by molar-refractivity contribution is -0.139. The van der Waals surface area contributed by atoms with Crippen molar-refractivity contribution in [3.8, 4) is 5.75 Å². The second-order valence-corrected chi connectivity index (χ2v) is 11.2. The quantitative estimate of drug-likeness (QED) is 0.488. The molecule has 0 aromatic heterocycles. The average Bonchev–Trinajstić information content (AvgIpc) is 2.75. The van der Waals surface area contributed by atoms with Crippen molar-refractivity contribution in [3.05, 3.63) is 57.6 Å². The van der Waals surface area contributed by atoms with E-state index in [-0.39, 0.29) is 18.3 Å². The van der Waals surface area contributed by atoms with Gasteiger partial charge >= 0.3 is 0 Å². The summed E-state index contributed by atoms with van der Waals surface area (Å²) in [5, 5.41) is 3.44. The molecule has 0 aliphatic carbocycles. The maximum absolute atomic E-state index is 13.6. The first-order valence-electron chi connectivity index (χ1n) is 10.9. The van der Waals surface area contributed by atoms with Crippen molar-refractivity contribution in [2.75, 3.05) is 24.2 Å². The second kappa shape index (κ2) is 12.0. The van der Waals surface area contributed by atoms with Gasteiger partial charge in [0.15, 0.2) is 0 Å². The molecule has 11 heteroatoms. The standard InChI is InChI=1S/C24H31Cl2N3O5S/c1-15(2)27-24(31)17(4)28(13-18-19(25)8-7-9-20(18)26)23(30)14-29(35(6,32)33)21-12-16(3)10-11-22(21)34-5/h7-12,15,17H,13-14H2,1-6H3,(H,27,31)/t17-/m0/s1. The zero-order valence-electron chi connectivity index (χ0n) is 20.6. The first-order chi connectivity index (χ1) is 16.3. The molecule has 192 valence electrons. The van der Waals surface area contributed by atoms with Gasteiger partial charge in [-0.3, -0.25) is 13.9 Å². The minimum absolute atomic E-state index is 0.0907. The summed E-state index contributed by atoms with van der Waals surface area (Å²) in [5.74, 6) is -0.711. The number of ether oxygens (including phenoxy) is 1. The Labute approximate surface area is 217 Å². The number of carbonyl (C=O) groups is 2. The molecule has 0 spiro atoms. The van der Waals surface area contributed by atoms with Crippen LogP contribution in [0.4, 0.5) is 5.69 Å². The largest absolute Gasteiger partial charge is 0.495 e. The predicted octanol–water partition coefficient (Wildman–Crippen LogP) is 4.02. The van der Waals surface area contributed by atoms with Crippen molar-refractivity contribution >= 4 is 50.7 Å². The summed E-state index contributed by atoms with van der Waals surface area (Å²) in [7, 11) is -2.48. The third kappa shape index (κ3) is 7.49. The van der Waals surface area contributed by atoms with Gasteiger partial charge in [0.05, 0.1) is 19.1 Å². The summed E-state index contributed by atoms with van der Waals surface area (Å²) in [6.07, 6.45) is 1.01. The van der Waals surface area contributed by atoms with Gasteiger partial charge in [0.2, 0.25) is 21.8 Å². The van der Waals surface area contributed by atoms with E-state index >= 15 is 0 Å². The monoisotopic (exact) mass is 543 g/mol. The molecule has 2 aromatic carbocycles. The Morgan fingerprint density at radius 2 is 1.69 bits per heavy atom. The van der Waals surface area contributed by atoms with Crippen LogP contribution in [0.5, 0.6) is 5.75 Å². The van der Waals surface area contributed by atoms with Crippen LogP contribution in [0.25, 0.3) is 0 Å². The van der Waals surface area contributed by atoms with Gasteiger partial charge in [-0.2, -0.15) is 0 Å². The highest BCUT2D eigenvalue weighted by Crippen LogP contribution is 2.32. The number of aryl methyl sites for hydroxylation is 1. The molecule has 1 atom stereocenters. The van der Waals surface area contributed by atoms with Gasteiger partial charge in [-0.1, -0.05) is 35.3 Å². The van der Waals surface area contributed by atoms with Gasteiger partial charge in [-0.15, -0.1) is 0 Å². The highest BCUT2D eigenvalue weighted by Gasteiger charge is 2.32. The number of methoxy groups -OCH3 is 1. The number of sulfonamides is 1. The molecule has 0 heterocycles. The van der Waals surface area contributed by atoms with Crippen molar-refractivity contribution in [1.29, 1.82) is 0 Å². The summed E-state index contributed by atoms with van der Waals surface area (Å²) in [4.78, 5) is 27.7. The lowest BCUT2D eigenvalue weighted by atomic mass is 10.1. The number of rotatable bonds is 10. The molecule has 2 rings (SSSR count). The SMILES string of the molecule is COc1ccc(C)cc1N(CC(=O)N(Cc1c(Cl)cccc1Cl)[C@@H](C)C(=O)NC(C)C)S(C)(=O)=O. The summed E-state index contributed by atoms with van der Waals surface area (Å²) in [6.45, 7) is 6.33. The molecular weight excluding hydrogens is 513 g/mol. The van der Waals surface area contributed by atoms with E-state index in [1.54, 1.807) is 64.1 Å². The smallest absolute Gasteiger partial charge is 0.244 e. The van der Waals surface area contributed by atoms with E-state index in [4.69, 9.17) is 27.9 Å². The van der Waals surface area contributed by atoms with Crippen LogP contribution in [0.15, 0.2) is 36.4 Å². The number of amides is 2. The van der Waals surface area contributed by atoms with E-state index < -0.39 is 34.4 Å². The van der Waals surface area contributed by atoms with E-state index in [1.807, 2.05) is 0 Å². The molecule has 0 fully saturated rings. The molecule has 0 aliphatic rings. The van der Waals surface area contributed by atoms with E-state index in [0.29, 0.717) is 21.4 Å². The molecule has 8 nitrogen and oxygen atoms in total. The highest BCUT2D eigenvalue weighted by atomic mass is 35.5. The number of carbonyl (C=O) groups excluding carboxylic acids is 2. The Balaban J connectivity index is 2.52. The van der Waals surface area contributed by atoms with E-state index in [2.05, 4.69) is 5.32 Å². The molecule has 0 unspecified atom stereocenters. The molecule has 0 saturated heterocycles. The Bertz CT molecular complexity index is 1170. The molecule has 2 amide bonds. The Morgan fingerprint density at radius 3 is 2.20 bits per heavy atom. The zero-order valence-corrected chi connectivity index (χ0v) is 23.0. The number of hydrogen-bond donors (Lipinski definition) is 1. The maximum Gasteiger partial charge on any atom is 0.244 e. The normalized spacial score (nSPS) is 12.3. The van der Waals surface area contributed by atoms with Crippen molar-refractivity contribution in [3.63, 3.8) is 0 Å². The number of anilines is 1. The lowest BCUT2D eigenvalue weighted by Gasteiger charge is -2.32. The van der Waals surface area contributed by atoms with Crippen LogP contribution in [-0.4, -0.2) is 57.1 Å². The molecule has 35 heavy (non-hydrogen) atoms. The van der Waals surface area contributed by atoms with E-state index in [1.165, 1.54) is 12.0 Å². The predicted molar refractivity (Wildman–Crippen MR) is 140 cm³/mol. The van der Waals surface area contributed by atoms with Crippen LogP contribution in [0.3, 0.4) is 0 Å². The van der Waals surface area contributed by atoms with Crippen LogP contribution in [0.1, 0.15) is 31.9 Å². The summed E-state index contributed by atoms with van der Waals surface area (Å²) in [6, 6.07) is 8.87. The fourth-order valence-electron chi connectivity index (χ4n) is 3.43. The van der Waals surface area contributed by atoms with Crippen LogP contribution in [0.2, 0.25) is 10.0 Å². The first kappa shape index (κ1) is 28.7. The summed E-state index contributed by atoms with van der Waals surface area (Å²) < 4.78 is 31.8. The number of benzene rings is 2. The van der Waals surface area contributed by atoms with Crippen LogP contribution >= 0.6 is 23.2 Å². The third-order valence-corrected chi connectivity index (χ3v) is 7.11. The van der Waals surface area contributed by atoms with Crippen LogP contribution < -0.4 is 14.4 Å². The molecule has 2 aromatic rings. The van der Waals surface area contributed by atoms with Crippen molar-refractivity contribution in [2.45, 2.75) is 46.3 Å². The van der Waals surface area contributed by atoms with E-state index in [9.17, 15) is 18.0 Å². The minimum Gasteiger partial charge on any atom is -0.495 e. The molecule has 0 radical (unpaired) electrons. The number of nitrogens with one attached hydrogen (secondary N) is 1. The fourth-order valence-corrected chi connectivity index (χ4v) is 4.79. The molecule has 1 N–H and O–H groups in total. The molecule has 0 bridgehead atoms. The first-order valence-corrected chi connectivity index (χ1v) is 13.5. The number of halogens is 2. The molecule has 0 aliphatic heterocycles. The Hall–Kier alpha value is -2.49. The van der Waals surface area contributed by atoms with Gasteiger partial charge in [0.1, 0.15) is 18.3 Å². The summed E-state index contributed by atoms with van der Waals surface area (Å²) in [5.41, 5.74) is 1.46. The highest BCUT2D eigenvalue weighted by molar-refractivity contribution is 7.92. The average molecular weight is 545 g/mol. The topological polar surface area (TPSA) is 96.0 Å². The Kier molecular flexibility index (Phi) is 9.83. The minimum atomic E-state index is -3.90. The van der Waals surface area contributed by atoms with Gasteiger partial charge in [-0.25, -0.2) is 8.42 Å². The van der Waals surface area contributed by atoms with Crippen LogP contribution in [0, 0.1) is 6.92 Å². The van der Waals surface area contributed by atoms with E-state index in [0.717, 1.165) is 16.1 Å². The molecule has 0 saturated carbocycles. The number of hydrogen-bond acceptors (Lipinski definition) is 5. The van der Waals surface area contributed by atoms with Crippen LogP contribution in [-0.2, 0) is 26.2 Å². The van der Waals surface area contributed by atoms with Gasteiger partial charge in [-0.05, 0) is 57.5 Å². The van der Waals surface area contributed by atoms with Crippen molar-refractivity contribution < 1.29 is 22.7 Å². The van der Waals surface area contributed by atoms with Gasteiger partial charge < -0.3 is 15.0 Å². The Morgan fingerprint density at radius 1 is 1.09 bits per heavy atom. The lowest BCUT2D eigenvalue weighted by Crippen LogP contribution is -2.52. The summed E-state index contributed by atoms with van der Waals surface area (Å²) >= 11 is 12.7. The van der Waals surface area contributed by atoms with Crippen molar-refractivity contribution in [2.24, 2.45) is 0 Å². The molecular formula is C24H31Cl2N3O5S. The second-order valence-electron chi connectivity index (χ2n) is 8.51. The van der Waals surface area contributed by atoms with Gasteiger partial charge in [0, 0.05) is 28.2 Å². The third-order valence-electron chi connectivity index (χ3n) is 5.27. The zero-order chi connectivity index (χ0) is 26.5. The maximum atomic E-state index is 13.6. The number of nitrogens with zero attached hydrogens (tertiary/aromatic N) is 2. The fraction of sp³-hybridized carbons (Fsp3) is 0.417. The van der Waals surface area contributed by atoms with Crippen molar-refractivity contribution in [1.82, 2.24) is 10.2 Å². The van der Waals surface area contributed by atoms with Gasteiger partial charge in [0.25, 0.3) is 0 Å².